The van der Waals surface area contributed by atoms with Gasteiger partial charge in [0, 0.05) is 11.6 Å². The lowest BCUT2D eigenvalue weighted by molar-refractivity contribution is -0.142. The van der Waals surface area contributed by atoms with E-state index in [1.807, 2.05) is 44.2 Å². The Morgan fingerprint density at radius 1 is 1.11 bits per heavy atom. The van der Waals surface area contributed by atoms with Crippen molar-refractivity contribution < 1.29 is 23.8 Å². The topological polar surface area (TPSA) is 73.9 Å². The van der Waals surface area contributed by atoms with Crippen LogP contribution in [0, 0.1) is 6.92 Å². The van der Waals surface area contributed by atoms with E-state index in [9.17, 15) is 9.59 Å². The highest BCUT2D eigenvalue weighted by molar-refractivity contribution is 5.95. The first-order valence-electron chi connectivity index (χ1n) is 8.54. The van der Waals surface area contributed by atoms with Gasteiger partial charge in [0.15, 0.2) is 6.61 Å². The minimum atomic E-state index is -0.618. The van der Waals surface area contributed by atoms with E-state index in [1.54, 1.807) is 18.2 Å². The van der Waals surface area contributed by atoms with Gasteiger partial charge in [0.25, 0.3) is 5.91 Å². The number of hydrogen-bond acceptors (Lipinski definition) is 5. The van der Waals surface area contributed by atoms with Gasteiger partial charge in [-0.05, 0) is 43.7 Å². The standard InChI is InChI=1S/C21H23NO5/c1-4-26-18-8-6-5-7-16(18)10-12-21(24)27-14-20(23)22-17-13-15(2)9-11-19(17)25-3/h5-13H,4,14H2,1-3H3,(H,22,23)/b12-10+. The first-order valence-corrected chi connectivity index (χ1v) is 8.54. The van der Waals surface area contributed by atoms with Gasteiger partial charge in [0.1, 0.15) is 11.5 Å². The van der Waals surface area contributed by atoms with Gasteiger partial charge in [0.05, 0.1) is 19.4 Å². The Morgan fingerprint density at radius 3 is 2.63 bits per heavy atom. The Morgan fingerprint density at radius 2 is 1.89 bits per heavy atom. The molecule has 0 saturated carbocycles. The second-order valence-corrected chi connectivity index (χ2v) is 5.66. The molecule has 0 heterocycles. The number of esters is 1. The lowest BCUT2D eigenvalue weighted by Gasteiger charge is -2.11. The number of hydrogen-bond donors (Lipinski definition) is 1. The van der Waals surface area contributed by atoms with Crippen molar-refractivity contribution >= 4 is 23.6 Å². The first kappa shape index (κ1) is 20.0. The van der Waals surface area contributed by atoms with Crippen LogP contribution in [0.2, 0.25) is 0 Å². The van der Waals surface area contributed by atoms with Crippen LogP contribution in [-0.2, 0) is 14.3 Å². The summed E-state index contributed by atoms with van der Waals surface area (Å²) in [6.45, 7) is 3.92. The molecule has 0 fully saturated rings. The van der Waals surface area contributed by atoms with Crippen molar-refractivity contribution in [2.45, 2.75) is 13.8 Å². The SMILES string of the molecule is CCOc1ccccc1/C=C/C(=O)OCC(=O)Nc1cc(C)ccc1OC. The predicted octanol–water partition coefficient (Wildman–Crippen LogP) is 3.60. The molecule has 0 spiro atoms. The van der Waals surface area contributed by atoms with Crippen LogP contribution >= 0.6 is 0 Å². The molecule has 0 saturated heterocycles. The fraction of sp³-hybridized carbons (Fsp3) is 0.238. The zero-order valence-electron chi connectivity index (χ0n) is 15.7. The second kappa shape index (κ2) is 10.0. The van der Waals surface area contributed by atoms with Crippen LogP contribution < -0.4 is 14.8 Å². The highest BCUT2D eigenvalue weighted by Crippen LogP contribution is 2.25. The van der Waals surface area contributed by atoms with Crippen molar-refractivity contribution in [3.05, 3.63) is 59.7 Å². The minimum absolute atomic E-state index is 0.395. The highest BCUT2D eigenvalue weighted by Gasteiger charge is 2.10. The smallest absolute Gasteiger partial charge is 0.331 e. The van der Waals surface area contributed by atoms with Crippen molar-refractivity contribution in [2.75, 3.05) is 25.6 Å². The molecule has 1 N–H and O–H groups in total. The summed E-state index contributed by atoms with van der Waals surface area (Å²) in [5.41, 5.74) is 2.25. The molecule has 142 valence electrons. The number of methoxy groups -OCH3 is 1. The average Bonchev–Trinajstić information content (AvgIpc) is 2.66. The zero-order valence-corrected chi connectivity index (χ0v) is 15.7. The Kier molecular flexibility index (Phi) is 7.43. The molecule has 0 atom stereocenters. The van der Waals surface area contributed by atoms with E-state index in [0.29, 0.717) is 23.8 Å². The van der Waals surface area contributed by atoms with Gasteiger partial charge in [-0.3, -0.25) is 4.79 Å². The fourth-order valence-electron chi connectivity index (χ4n) is 2.35. The molecule has 6 heteroatoms. The van der Waals surface area contributed by atoms with E-state index >= 15 is 0 Å². The summed E-state index contributed by atoms with van der Waals surface area (Å²) in [4.78, 5) is 23.9. The molecular weight excluding hydrogens is 346 g/mol. The van der Waals surface area contributed by atoms with Crippen LogP contribution in [-0.4, -0.2) is 32.2 Å². The number of carbonyl (C=O) groups excluding carboxylic acids is 2. The number of benzene rings is 2. The molecule has 0 aliphatic rings. The van der Waals surface area contributed by atoms with Crippen LogP contribution in [0.15, 0.2) is 48.5 Å². The number of aryl methyl sites for hydroxylation is 1. The molecule has 0 aromatic heterocycles. The number of carbonyl (C=O) groups is 2. The fourth-order valence-corrected chi connectivity index (χ4v) is 2.35. The van der Waals surface area contributed by atoms with Gasteiger partial charge in [-0.1, -0.05) is 24.3 Å². The third-order valence-corrected chi connectivity index (χ3v) is 3.59. The summed E-state index contributed by atoms with van der Waals surface area (Å²) < 4.78 is 15.7. The van der Waals surface area contributed by atoms with Crippen LogP contribution in [0.3, 0.4) is 0 Å². The molecule has 6 nitrogen and oxygen atoms in total. The highest BCUT2D eigenvalue weighted by atomic mass is 16.5. The van der Waals surface area contributed by atoms with E-state index in [-0.39, 0.29) is 0 Å². The normalized spacial score (nSPS) is 10.5. The average molecular weight is 369 g/mol. The van der Waals surface area contributed by atoms with Crippen LogP contribution in [0.5, 0.6) is 11.5 Å². The molecule has 0 radical (unpaired) electrons. The Bertz CT molecular complexity index is 829. The number of para-hydroxylation sites is 1. The molecule has 0 bridgehead atoms. The van der Waals surface area contributed by atoms with E-state index < -0.39 is 18.5 Å². The van der Waals surface area contributed by atoms with Crippen molar-refractivity contribution in [3.63, 3.8) is 0 Å². The second-order valence-electron chi connectivity index (χ2n) is 5.66. The number of amides is 1. The quantitative estimate of drug-likeness (QED) is 0.568. The zero-order chi connectivity index (χ0) is 19.6. The summed E-state index contributed by atoms with van der Waals surface area (Å²) in [7, 11) is 1.52. The van der Waals surface area contributed by atoms with E-state index in [1.165, 1.54) is 13.2 Å². The van der Waals surface area contributed by atoms with E-state index in [2.05, 4.69) is 5.32 Å². The van der Waals surface area contributed by atoms with Crippen LogP contribution in [0.4, 0.5) is 5.69 Å². The number of rotatable bonds is 8. The number of anilines is 1. The van der Waals surface area contributed by atoms with Crippen molar-refractivity contribution in [2.24, 2.45) is 0 Å². The van der Waals surface area contributed by atoms with Gasteiger partial charge in [-0.15, -0.1) is 0 Å². The van der Waals surface area contributed by atoms with Crippen molar-refractivity contribution in [1.29, 1.82) is 0 Å². The van der Waals surface area contributed by atoms with Crippen molar-refractivity contribution in [1.82, 2.24) is 0 Å². The summed E-state index contributed by atoms with van der Waals surface area (Å²) in [6.07, 6.45) is 2.85. The molecular formula is C21H23NO5. The molecule has 2 aromatic carbocycles. The van der Waals surface area contributed by atoms with Crippen molar-refractivity contribution in [3.8, 4) is 11.5 Å². The van der Waals surface area contributed by atoms with Gasteiger partial charge in [-0.2, -0.15) is 0 Å². The Labute approximate surface area is 158 Å². The molecule has 2 rings (SSSR count). The Balaban J connectivity index is 1.90. The number of ether oxygens (including phenoxy) is 3. The summed E-state index contributed by atoms with van der Waals surface area (Å²) in [5.74, 6) is 0.143. The maximum absolute atomic E-state index is 12.0. The third-order valence-electron chi connectivity index (χ3n) is 3.59. The maximum atomic E-state index is 12.0. The van der Waals surface area contributed by atoms with Crippen LogP contribution in [0.25, 0.3) is 6.08 Å². The molecule has 0 aliphatic heterocycles. The number of nitrogens with one attached hydrogen (secondary N) is 1. The van der Waals surface area contributed by atoms with Gasteiger partial charge >= 0.3 is 5.97 Å². The summed E-state index contributed by atoms with van der Waals surface area (Å²) in [5, 5.41) is 2.67. The molecule has 1 amide bonds. The maximum Gasteiger partial charge on any atom is 0.331 e. The lowest BCUT2D eigenvalue weighted by atomic mass is 10.2. The van der Waals surface area contributed by atoms with Gasteiger partial charge < -0.3 is 19.5 Å². The minimum Gasteiger partial charge on any atom is -0.495 e. The lowest BCUT2D eigenvalue weighted by Crippen LogP contribution is -2.20. The molecule has 2 aromatic rings. The van der Waals surface area contributed by atoms with Crippen LogP contribution in [0.1, 0.15) is 18.1 Å². The first-order chi connectivity index (χ1) is 13.0. The van der Waals surface area contributed by atoms with Gasteiger partial charge in [-0.25, -0.2) is 4.79 Å². The Hall–Kier alpha value is -3.28. The largest absolute Gasteiger partial charge is 0.495 e. The van der Waals surface area contributed by atoms with Gasteiger partial charge in [0.2, 0.25) is 0 Å². The summed E-state index contributed by atoms with van der Waals surface area (Å²) >= 11 is 0. The molecule has 0 unspecified atom stereocenters. The van der Waals surface area contributed by atoms with E-state index in [0.717, 1.165) is 11.1 Å². The predicted molar refractivity (Wildman–Crippen MR) is 104 cm³/mol. The third kappa shape index (κ3) is 6.18. The monoisotopic (exact) mass is 369 g/mol. The summed E-state index contributed by atoms with van der Waals surface area (Å²) in [6, 6.07) is 12.8. The molecule has 0 aliphatic carbocycles. The molecule has 27 heavy (non-hydrogen) atoms. The van der Waals surface area contributed by atoms with E-state index in [4.69, 9.17) is 14.2 Å².